The van der Waals surface area contributed by atoms with Crippen LogP contribution in [0.1, 0.15) is 44.9 Å². The number of likely N-dealkylation sites (tertiary alicyclic amines) is 1. The molecule has 1 aromatic heterocycles. The van der Waals surface area contributed by atoms with Gasteiger partial charge >= 0.3 is 6.09 Å². The Morgan fingerprint density at radius 2 is 2.03 bits per heavy atom. The number of hydrogen-bond donors (Lipinski definition) is 2. The number of thiophene rings is 1. The van der Waals surface area contributed by atoms with Gasteiger partial charge in [-0.05, 0) is 65.2 Å². The quantitative estimate of drug-likeness (QED) is 0.610. The molecular weight excluding hydrogens is 512 g/mol. The number of anilines is 1. The standard InChI is InChI=1S/C22H23BrN4O5S/c1-12-9-14(4-5-15(12)21(30)26-8-2-3-19(26)32-22(24)31)27-11-13(10-18(27)28)25-20(29)16-6-7-17(23)33-16/h4-7,9,13,19H,2-3,8,10-11H2,1H3,(H2,24,31)(H,25,29)/t13?,19-/m1/s1. The monoisotopic (exact) mass is 534 g/mol. The van der Waals surface area contributed by atoms with Crippen molar-refractivity contribution in [2.45, 2.75) is 38.5 Å². The number of primary amides is 1. The van der Waals surface area contributed by atoms with E-state index in [1.54, 1.807) is 36.1 Å². The molecule has 9 nitrogen and oxygen atoms in total. The first-order valence-corrected chi connectivity index (χ1v) is 12.1. The molecule has 11 heteroatoms. The van der Waals surface area contributed by atoms with E-state index in [0.29, 0.717) is 41.2 Å². The fourth-order valence-corrected chi connectivity index (χ4v) is 5.47. The summed E-state index contributed by atoms with van der Waals surface area (Å²) in [5.41, 5.74) is 6.95. The Balaban J connectivity index is 1.44. The Hall–Kier alpha value is -2.92. The summed E-state index contributed by atoms with van der Waals surface area (Å²) in [7, 11) is 0. The van der Waals surface area contributed by atoms with Gasteiger partial charge in [-0.25, -0.2) is 4.79 Å². The molecule has 174 valence electrons. The number of benzene rings is 1. The van der Waals surface area contributed by atoms with Gasteiger partial charge < -0.3 is 25.6 Å². The van der Waals surface area contributed by atoms with E-state index in [1.165, 1.54) is 16.2 Å². The highest BCUT2D eigenvalue weighted by molar-refractivity contribution is 9.11. The van der Waals surface area contributed by atoms with Crippen molar-refractivity contribution >= 4 is 56.8 Å². The minimum atomic E-state index is -0.910. The number of nitrogens with one attached hydrogen (secondary N) is 1. The number of carbonyl (C=O) groups excluding carboxylic acids is 4. The summed E-state index contributed by atoms with van der Waals surface area (Å²) in [5.74, 6) is -0.552. The minimum Gasteiger partial charge on any atom is -0.425 e. The van der Waals surface area contributed by atoms with Crippen molar-refractivity contribution in [2.24, 2.45) is 5.73 Å². The molecule has 4 amide bonds. The summed E-state index contributed by atoms with van der Waals surface area (Å²) in [5, 5.41) is 2.92. The SMILES string of the molecule is Cc1cc(N2CC(NC(=O)c3ccc(Br)s3)CC2=O)ccc1C(=O)N1CCC[C@H]1OC(N)=O. The van der Waals surface area contributed by atoms with E-state index < -0.39 is 12.3 Å². The lowest BCUT2D eigenvalue weighted by Gasteiger charge is -2.25. The van der Waals surface area contributed by atoms with Crippen LogP contribution in [0.5, 0.6) is 0 Å². The lowest BCUT2D eigenvalue weighted by molar-refractivity contribution is -0.117. The van der Waals surface area contributed by atoms with Crippen LogP contribution in [-0.2, 0) is 9.53 Å². The maximum absolute atomic E-state index is 13.0. The molecule has 3 heterocycles. The molecule has 1 aromatic carbocycles. The van der Waals surface area contributed by atoms with E-state index in [1.807, 2.05) is 6.07 Å². The van der Waals surface area contributed by atoms with Crippen LogP contribution in [-0.4, -0.2) is 54.1 Å². The number of carbonyl (C=O) groups is 4. The van der Waals surface area contributed by atoms with Gasteiger partial charge in [0.1, 0.15) is 0 Å². The molecule has 2 fully saturated rings. The normalized spacial score (nSPS) is 20.2. The highest BCUT2D eigenvalue weighted by Crippen LogP contribution is 2.28. The van der Waals surface area contributed by atoms with E-state index in [-0.39, 0.29) is 30.2 Å². The minimum absolute atomic E-state index is 0.0967. The first kappa shape index (κ1) is 23.2. The number of rotatable bonds is 5. The van der Waals surface area contributed by atoms with E-state index in [4.69, 9.17) is 10.5 Å². The average molecular weight is 535 g/mol. The molecule has 0 spiro atoms. The third-order valence-corrected chi connectivity index (χ3v) is 7.34. The Kier molecular flexibility index (Phi) is 6.71. The molecule has 2 aliphatic heterocycles. The Labute approximate surface area is 203 Å². The number of ether oxygens (including phenoxy) is 1. The molecule has 0 radical (unpaired) electrons. The van der Waals surface area contributed by atoms with Crippen LogP contribution in [0.15, 0.2) is 34.1 Å². The van der Waals surface area contributed by atoms with Crippen molar-refractivity contribution in [2.75, 3.05) is 18.0 Å². The molecule has 33 heavy (non-hydrogen) atoms. The molecule has 1 unspecified atom stereocenters. The van der Waals surface area contributed by atoms with Crippen molar-refractivity contribution in [3.8, 4) is 0 Å². The van der Waals surface area contributed by atoms with Gasteiger partial charge in [-0.3, -0.25) is 14.4 Å². The molecule has 2 saturated heterocycles. The highest BCUT2D eigenvalue weighted by Gasteiger charge is 2.34. The first-order valence-electron chi connectivity index (χ1n) is 10.5. The Bertz CT molecular complexity index is 1120. The summed E-state index contributed by atoms with van der Waals surface area (Å²) in [6.07, 6.45) is -0.101. The van der Waals surface area contributed by atoms with Crippen LogP contribution < -0.4 is 16.0 Å². The van der Waals surface area contributed by atoms with Crippen LogP contribution >= 0.6 is 27.3 Å². The number of hydrogen-bond acceptors (Lipinski definition) is 6. The van der Waals surface area contributed by atoms with E-state index >= 15 is 0 Å². The van der Waals surface area contributed by atoms with Crippen molar-refractivity contribution in [3.05, 3.63) is 50.1 Å². The first-order chi connectivity index (χ1) is 15.7. The van der Waals surface area contributed by atoms with Crippen molar-refractivity contribution in [1.29, 1.82) is 0 Å². The second-order valence-corrected chi connectivity index (χ2v) is 10.5. The number of nitrogens with zero attached hydrogens (tertiary/aromatic N) is 2. The highest BCUT2D eigenvalue weighted by atomic mass is 79.9. The van der Waals surface area contributed by atoms with Gasteiger partial charge in [0, 0.05) is 37.2 Å². The molecule has 2 atom stereocenters. The molecular formula is C22H23BrN4O5S. The average Bonchev–Trinajstić information content (AvgIpc) is 3.47. The number of aryl methyl sites for hydroxylation is 1. The van der Waals surface area contributed by atoms with Gasteiger partial charge in [0.05, 0.1) is 14.7 Å². The van der Waals surface area contributed by atoms with Gasteiger partial charge in [-0.15, -0.1) is 11.3 Å². The second-order valence-electron chi connectivity index (χ2n) is 8.01. The number of amides is 4. The summed E-state index contributed by atoms with van der Waals surface area (Å²) in [6, 6.07) is 8.42. The zero-order valence-corrected chi connectivity index (χ0v) is 20.3. The van der Waals surface area contributed by atoms with Crippen LogP contribution in [0.4, 0.5) is 10.5 Å². The summed E-state index contributed by atoms with van der Waals surface area (Å²) in [4.78, 5) is 52.9. The van der Waals surface area contributed by atoms with Crippen molar-refractivity contribution < 1.29 is 23.9 Å². The van der Waals surface area contributed by atoms with Crippen LogP contribution in [0.2, 0.25) is 0 Å². The second kappa shape index (κ2) is 9.52. The van der Waals surface area contributed by atoms with Gasteiger partial charge in [0.25, 0.3) is 11.8 Å². The van der Waals surface area contributed by atoms with E-state index in [2.05, 4.69) is 21.2 Å². The Morgan fingerprint density at radius 3 is 2.70 bits per heavy atom. The molecule has 0 bridgehead atoms. The topological polar surface area (TPSA) is 122 Å². The fourth-order valence-electron chi connectivity index (χ4n) is 4.18. The van der Waals surface area contributed by atoms with Gasteiger partial charge in [0.2, 0.25) is 5.91 Å². The van der Waals surface area contributed by atoms with E-state index in [9.17, 15) is 19.2 Å². The van der Waals surface area contributed by atoms with Crippen LogP contribution in [0, 0.1) is 6.92 Å². The fraction of sp³-hybridized carbons (Fsp3) is 0.364. The molecule has 4 rings (SSSR count). The van der Waals surface area contributed by atoms with Gasteiger partial charge in [-0.2, -0.15) is 0 Å². The predicted octanol–water partition coefficient (Wildman–Crippen LogP) is 3.01. The van der Waals surface area contributed by atoms with Gasteiger partial charge in [-0.1, -0.05) is 0 Å². The van der Waals surface area contributed by atoms with Crippen molar-refractivity contribution in [1.82, 2.24) is 10.2 Å². The molecule has 0 saturated carbocycles. The molecule has 0 aliphatic carbocycles. The van der Waals surface area contributed by atoms with Crippen LogP contribution in [0.3, 0.4) is 0 Å². The maximum Gasteiger partial charge on any atom is 0.406 e. The zero-order valence-electron chi connectivity index (χ0n) is 17.9. The maximum atomic E-state index is 13.0. The molecule has 2 aliphatic rings. The van der Waals surface area contributed by atoms with E-state index in [0.717, 1.165) is 10.2 Å². The number of halogens is 1. The van der Waals surface area contributed by atoms with Gasteiger partial charge in [0.15, 0.2) is 6.23 Å². The lowest BCUT2D eigenvalue weighted by Crippen LogP contribution is -2.39. The number of nitrogens with two attached hydrogens (primary N) is 1. The largest absolute Gasteiger partial charge is 0.425 e. The summed E-state index contributed by atoms with van der Waals surface area (Å²) in [6.45, 7) is 2.63. The third kappa shape index (κ3) is 5.03. The smallest absolute Gasteiger partial charge is 0.406 e. The summed E-state index contributed by atoms with van der Waals surface area (Å²) >= 11 is 4.67. The predicted molar refractivity (Wildman–Crippen MR) is 126 cm³/mol. The lowest BCUT2D eigenvalue weighted by atomic mass is 10.1. The summed E-state index contributed by atoms with van der Waals surface area (Å²) < 4.78 is 5.92. The molecule has 3 N–H and O–H groups in total. The molecule has 2 aromatic rings. The third-order valence-electron chi connectivity index (χ3n) is 5.72. The zero-order chi connectivity index (χ0) is 23.7. The van der Waals surface area contributed by atoms with Crippen LogP contribution in [0.25, 0.3) is 0 Å². The Morgan fingerprint density at radius 1 is 1.24 bits per heavy atom. The van der Waals surface area contributed by atoms with Crippen molar-refractivity contribution in [3.63, 3.8) is 0 Å².